The molecule has 0 aromatic heterocycles. The summed E-state index contributed by atoms with van der Waals surface area (Å²) in [5.41, 5.74) is 0.895. The number of anilines is 1. The number of nitrogens with one attached hydrogen (secondary N) is 1. The lowest BCUT2D eigenvalue weighted by molar-refractivity contribution is 0.0727. The van der Waals surface area contributed by atoms with Crippen LogP contribution >= 0.6 is 0 Å². The summed E-state index contributed by atoms with van der Waals surface area (Å²) in [4.78, 5) is 2.30. The number of nitrogens with zero attached hydrogens (tertiary/aromatic N) is 1. The van der Waals surface area contributed by atoms with E-state index in [1.54, 1.807) is 24.3 Å². The first-order valence-electron chi connectivity index (χ1n) is 7.13. The van der Waals surface area contributed by atoms with Crippen LogP contribution in [0.15, 0.2) is 29.2 Å². The van der Waals surface area contributed by atoms with E-state index in [0.717, 1.165) is 12.1 Å². The van der Waals surface area contributed by atoms with Crippen LogP contribution in [0.2, 0.25) is 0 Å². The minimum Gasteiger partial charge on any atom is -0.394 e. The van der Waals surface area contributed by atoms with Gasteiger partial charge < -0.3 is 14.7 Å². The van der Waals surface area contributed by atoms with E-state index in [1.807, 2.05) is 11.8 Å². The Labute approximate surface area is 125 Å². The summed E-state index contributed by atoms with van der Waals surface area (Å²) < 4.78 is 31.9. The van der Waals surface area contributed by atoms with Gasteiger partial charge in [0.05, 0.1) is 30.8 Å². The molecule has 1 aromatic carbocycles. The SMILES string of the molecule is CCCNS(=O)(=O)c1ccc(N2CCOCC2CO)cc1. The highest BCUT2D eigenvalue weighted by Crippen LogP contribution is 2.21. The van der Waals surface area contributed by atoms with Gasteiger partial charge in [-0.3, -0.25) is 0 Å². The van der Waals surface area contributed by atoms with Crippen LogP contribution in [-0.4, -0.2) is 52.5 Å². The minimum absolute atomic E-state index is 0.0120. The number of hydrogen-bond donors (Lipinski definition) is 2. The van der Waals surface area contributed by atoms with Gasteiger partial charge in [0.25, 0.3) is 0 Å². The van der Waals surface area contributed by atoms with Gasteiger partial charge in [-0.15, -0.1) is 0 Å². The Morgan fingerprint density at radius 1 is 1.38 bits per heavy atom. The molecule has 1 unspecified atom stereocenters. The van der Waals surface area contributed by atoms with Crippen molar-refractivity contribution in [3.8, 4) is 0 Å². The van der Waals surface area contributed by atoms with Gasteiger partial charge in [0.2, 0.25) is 10.0 Å². The van der Waals surface area contributed by atoms with Crippen LogP contribution in [0, 0.1) is 0 Å². The third-order valence-electron chi connectivity index (χ3n) is 3.46. The van der Waals surface area contributed by atoms with Crippen molar-refractivity contribution in [3.05, 3.63) is 24.3 Å². The Morgan fingerprint density at radius 3 is 2.71 bits per heavy atom. The normalized spacial score (nSPS) is 19.7. The van der Waals surface area contributed by atoms with Gasteiger partial charge in [0.1, 0.15) is 0 Å². The van der Waals surface area contributed by atoms with Gasteiger partial charge in [-0.05, 0) is 30.7 Å². The summed E-state index contributed by atoms with van der Waals surface area (Å²) in [6.45, 7) is 4.13. The van der Waals surface area contributed by atoms with Crippen molar-refractivity contribution in [2.24, 2.45) is 0 Å². The highest BCUT2D eigenvalue weighted by Gasteiger charge is 2.23. The highest BCUT2D eigenvalue weighted by molar-refractivity contribution is 7.89. The first kappa shape index (κ1) is 16.2. The number of rotatable bonds is 6. The minimum atomic E-state index is -3.43. The van der Waals surface area contributed by atoms with Crippen LogP contribution in [0.5, 0.6) is 0 Å². The van der Waals surface area contributed by atoms with Crippen molar-refractivity contribution in [3.63, 3.8) is 0 Å². The van der Waals surface area contributed by atoms with E-state index in [1.165, 1.54) is 0 Å². The van der Waals surface area contributed by atoms with E-state index in [-0.39, 0.29) is 17.5 Å². The number of sulfonamides is 1. The number of benzene rings is 1. The lowest BCUT2D eigenvalue weighted by Gasteiger charge is -2.36. The zero-order valence-corrected chi connectivity index (χ0v) is 13.0. The molecule has 0 saturated carbocycles. The smallest absolute Gasteiger partial charge is 0.240 e. The maximum atomic E-state index is 12.0. The van der Waals surface area contributed by atoms with Crippen LogP contribution in [0.4, 0.5) is 5.69 Å². The number of hydrogen-bond acceptors (Lipinski definition) is 5. The fraction of sp³-hybridized carbons (Fsp3) is 0.571. The molecule has 1 aliphatic heterocycles. The second-order valence-electron chi connectivity index (χ2n) is 5.00. The van der Waals surface area contributed by atoms with Crippen LogP contribution in [0.25, 0.3) is 0 Å². The van der Waals surface area contributed by atoms with Crippen LogP contribution in [0.3, 0.4) is 0 Å². The lowest BCUT2D eigenvalue weighted by atomic mass is 10.2. The van der Waals surface area contributed by atoms with Crippen molar-refractivity contribution in [1.82, 2.24) is 4.72 Å². The van der Waals surface area contributed by atoms with Crippen LogP contribution < -0.4 is 9.62 Å². The molecule has 0 bridgehead atoms. The number of aliphatic hydroxyl groups is 1. The second kappa shape index (κ2) is 7.22. The number of ether oxygens (including phenoxy) is 1. The molecule has 0 amide bonds. The zero-order chi connectivity index (χ0) is 15.3. The highest BCUT2D eigenvalue weighted by atomic mass is 32.2. The average Bonchev–Trinajstić information content (AvgIpc) is 2.53. The van der Waals surface area contributed by atoms with Gasteiger partial charge in [-0.2, -0.15) is 0 Å². The fourth-order valence-electron chi connectivity index (χ4n) is 2.28. The Bertz CT molecular complexity index is 545. The molecule has 2 rings (SSSR count). The first-order chi connectivity index (χ1) is 10.1. The summed E-state index contributed by atoms with van der Waals surface area (Å²) in [5, 5.41) is 9.38. The summed E-state index contributed by atoms with van der Waals surface area (Å²) in [6.07, 6.45) is 0.753. The molecule has 21 heavy (non-hydrogen) atoms. The van der Waals surface area contributed by atoms with Gasteiger partial charge in [-0.1, -0.05) is 6.92 Å². The standard InChI is InChI=1S/C14H22N2O4S/c1-2-7-15-21(18,19)14-5-3-12(4-6-14)16-8-9-20-11-13(16)10-17/h3-6,13,15,17H,2,7-11H2,1H3. The molecule has 1 heterocycles. The molecule has 1 aromatic rings. The maximum Gasteiger partial charge on any atom is 0.240 e. The molecule has 1 aliphatic rings. The zero-order valence-electron chi connectivity index (χ0n) is 12.2. The summed E-state index contributed by atoms with van der Waals surface area (Å²) in [6, 6.07) is 6.65. The third-order valence-corrected chi connectivity index (χ3v) is 4.94. The van der Waals surface area contributed by atoms with E-state index >= 15 is 0 Å². The molecular weight excluding hydrogens is 292 g/mol. The van der Waals surface area contributed by atoms with E-state index in [0.29, 0.717) is 26.3 Å². The van der Waals surface area contributed by atoms with E-state index in [9.17, 15) is 13.5 Å². The molecule has 0 radical (unpaired) electrons. The molecule has 6 nitrogen and oxygen atoms in total. The van der Waals surface area contributed by atoms with Crippen LogP contribution in [0.1, 0.15) is 13.3 Å². The van der Waals surface area contributed by atoms with Gasteiger partial charge >= 0.3 is 0 Å². The summed E-state index contributed by atoms with van der Waals surface area (Å²) >= 11 is 0. The molecule has 0 aliphatic carbocycles. The summed E-state index contributed by atoms with van der Waals surface area (Å²) in [7, 11) is -3.43. The van der Waals surface area contributed by atoms with Gasteiger partial charge in [0.15, 0.2) is 0 Å². The topological polar surface area (TPSA) is 78.9 Å². The van der Waals surface area contributed by atoms with E-state index in [2.05, 4.69) is 4.72 Å². The third kappa shape index (κ3) is 3.94. The summed E-state index contributed by atoms with van der Waals surface area (Å²) in [5.74, 6) is 0. The van der Waals surface area contributed by atoms with E-state index in [4.69, 9.17) is 4.74 Å². The molecule has 1 saturated heterocycles. The molecule has 1 fully saturated rings. The predicted molar refractivity (Wildman–Crippen MR) is 81.0 cm³/mol. The van der Waals surface area contributed by atoms with Crippen molar-refractivity contribution in [2.75, 3.05) is 37.8 Å². The average molecular weight is 314 g/mol. The Morgan fingerprint density at radius 2 is 2.10 bits per heavy atom. The van der Waals surface area contributed by atoms with E-state index < -0.39 is 10.0 Å². The van der Waals surface area contributed by atoms with Crippen LogP contribution in [-0.2, 0) is 14.8 Å². The monoisotopic (exact) mass is 314 g/mol. The Balaban J connectivity index is 2.14. The Kier molecular flexibility index (Phi) is 5.58. The second-order valence-corrected chi connectivity index (χ2v) is 6.76. The first-order valence-corrected chi connectivity index (χ1v) is 8.61. The Hall–Kier alpha value is -1.15. The lowest BCUT2D eigenvalue weighted by Crippen LogP contribution is -2.47. The van der Waals surface area contributed by atoms with Gasteiger partial charge in [-0.25, -0.2) is 13.1 Å². The van der Waals surface area contributed by atoms with Crippen molar-refractivity contribution >= 4 is 15.7 Å². The maximum absolute atomic E-state index is 12.0. The fourth-order valence-corrected chi connectivity index (χ4v) is 3.42. The quantitative estimate of drug-likeness (QED) is 0.803. The number of morpholine rings is 1. The molecular formula is C14H22N2O4S. The predicted octanol–water partition coefficient (Wildman–Crippen LogP) is 0.572. The van der Waals surface area contributed by atoms with Crippen molar-refractivity contribution in [1.29, 1.82) is 0 Å². The molecule has 2 N–H and O–H groups in total. The van der Waals surface area contributed by atoms with Crippen molar-refractivity contribution in [2.45, 2.75) is 24.3 Å². The number of aliphatic hydroxyl groups excluding tert-OH is 1. The molecule has 7 heteroatoms. The molecule has 0 spiro atoms. The largest absolute Gasteiger partial charge is 0.394 e. The van der Waals surface area contributed by atoms with Crippen molar-refractivity contribution < 1.29 is 18.3 Å². The molecule has 118 valence electrons. The van der Waals surface area contributed by atoms with Gasteiger partial charge in [0, 0.05) is 18.8 Å². The molecule has 1 atom stereocenters.